The highest BCUT2D eigenvalue weighted by molar-refractivity contribution is 7.91. The maximum absolute atomic E-state index is 12.6. The molecule has 1 aliphatic carbocycles. The third kappa shape index (κ3) is 4.08. The Morgan fingerprint density at radius 2 is 1.97 bits per heavy atom. The van der Waals surface area contributed by atoms with E-state index in [0.717, 1.165) is 24.6 Å². The van der Waals surface area contributed by atoms with Gasteiger partial charge in [-0.05, 0) is 31.4 Å². The van der Waals surface area contributed by atoms with Gasteiger partial charge in [0.1, 0.15) is 0 Å². The topological polar surface area (TPSA) is 113 Å². The van der Waals surface area contributed by atoms with Gasteiger partial charge in [0.2, 0.25) is 5.82 Å². The van der Waals surface area contributed by atoms with Gasteiger partial charge in [-0.2, -0.15) is 23.3 Å². The minimum Gasteiger partial charge on any atom is -0.329 e. The zero-order valence-electron chi connectivity index (χ0n) is 16.6. The first-order chi connectivity index (χ1) is 15.1. The van der Waals surface area contributed by atoms with Crippen molar-refractivity contribution in [2.75, 3.05) is 11.5 Å². The predicted molar refractivity (Wildman–Crippen MR) is 105 cm³/mol. The van der Waals surface area contributed by atoms with Crippen molar-refractivity contribution in [3.8, 4) is 11.4 Å². The van der Waals surface area contributed by atoms with Crippen molar-refractivity contribution >= 4 is 9.84 Å². The highest BCUT2D eigenvalue weighted by Crippen LogP contribution is 2.42. The van der Waals surface area contributed by atoms with E-state index in [2.05, 4.69) is 19.8 Å². The molecule has 2 fully saturated rings. The second kappa shape index (κ2) is 7.29. The van der Waals surface area contributed by atoms with E-state index in [9.17, 15) is 26.4 Å². The minimum atomic E-state index is -4.77. The minimum absolute atomic E-state index is 0.0626. The quantitative estimate of drug-likeness (QED) is 0.564. The molecule has 4 heterocycles. The Hall–Kier alpha value is -2.96. The third-order valence-corrected chi connectivity index (χ3v) is 7.37. The Labute approximate surface area is 179 Å². The van der Waals surface area contributed by atoms with Crippen LogP contribution in [0.3, 0.4) is 0 Å². The van der Waals surface area contributed by atoms with Crippen molar-refractivity contribution in [1.82, 2.24) is 24.5 Å². The fourth-order valence-electron chi connectivity index (χ4n) is 3.89. The lowest BCUT2D eigenvalue weighted by molar-refractivity contribution is -0.159. The second-order valence-electron chi connectivity index (χ2n) is 8.14. The Kier molecular flexibility index (Phi) is 4.76. The van der Waals surface area contributed by atoms with Gasteiger partial charge < -0.3 is 9.09 Å². The van der Waals surface area contributed by atoms with Gasteiger partial charge in [-0.15, -0.1) is 0 Å². The van der Waals surface area contributed by atoms with Gasteiger partial charge in [0.05, 0.1) is 29.8 Å². The molecule has 3 aromatic rings. The van der Waals surface area contributed by atoms with E-state index in [0.29, 0.717) is 18.0 Å². The molecule has 3 aromatic heterocycles. The molecule has 1 aliphatic heterocycles. The summed E-state index contributed by atoms with van der Waals surface area (Å²) in [5.74, 6) is -1.26. The molecule has 0 aromatic carbocycles. The number of halogens is 3. The normalized spacial score (nSPS) is 20.7. The van der Waals surface area contributed by atoms with Crippen molar-refractivity contribution in [2.24, 2.45) is 0 Å². The Bertz CT molecular complexity index is 1340. The number of nitrogens with zero attached hydrogens (tertiary/aromatic N) is 5. The summed E-state index contributed by atoms with van der Waals surface area (Å²) in [6.07, 6.45) is -0.787. The van der Waals surface area contributed by atoms with Crippen molar-refractivity contribution in [3.05, 3.63) is 52.0 Å². The molecule has 0 amide bonds. The van der Waals surface area contributed by atoms with Gasteiger partial charge in [0, 0.05) is 29.4 Å². The lowest BCUT2D eigenvalue weighted by atomic mass is 10.2. The Morgan fingerprint density at radius 3 is 2.56 bits per heavy atom. The summed E-state index contributed by atoms with van der Waals surface area (Å²) in [5, 5.41) is 7.88. The SMILES string of the molecule is O=c1cc(-c2noc(C(F)(F)F)n2)ccn1Cc1cc(C2CC2)n(C2CCS(=O)(=O)C2)n1. The highest BCUT2D eigenvalue weighted by atomic mass is 32.2. The lowest BCUT2D eigenvalue weighted by Gasteiger charge is -2.12. The van der Waals surface area contributed by atoms with E-state index in [1.54, 1.807) is 4.68 Å². The molecule has 170 valence electrons. The number of pyridine rings is 1. The molecule has 1 saturated heterocycles. The summed E-state index contributed by atoms with van der Waals surface area (Å²) in [5.41, 5.74) is 1.24. The largest absolute Gasteiger partial charge is 0.471 e. The zero-order valence-corrected chi connectivity index (χ0v) is 17.4. The summed E-state index contributed by atoms with van der Waals surface area (Å²) in [7, 11) is -3.07. The fraction of sp³-hybridized carbons (Fsp3) is 0.474. The first-order valence-corrected chi connectivity index (χ1v) is 11.8. The standard InChI is InChI=1S/C19H18F3N5O4S/c20-19(21,22)18-23-17(25-31-18)12-3-5-26(16(28)7-12)9-13-8-15(11-1-2-11)27(24-13)14-4-6-32(29,30)10-14/h3,5,7-8,11,14H,1-2,4,6,9-10H2. The van der Waals surface area contributed by atoms with Crippen molar-refractivity contribution in [3.63, 3.8) is 0 Å². The predicted octanol–water partition coefficient (Wildman–Crippen LogP) is 2.40. The van der Waals surface area contributed by atoms with Crippen LogP contribution < -0.4 is 5.56 Å². The summed E-state index contributed by atoms with van der Waals surface area (Å²) in [4.78, 5) is 15.8. The monoisotopic (exact) mass is 469 g/mol. The van der Waals surface area contributed by atoms with Crippen LogP contribution in [0.15, 0.2) is 33.7 Å². The Balaban J connectivity index is 1.39. The van der Waals surface area contributed by atoms with E-state index in [4.69, 9.17) is 0 Å². The molecule has 9 nitrogen and oxygen atoms in total. The van der Waals surface area contributed by atoms with Gasteiger partial charge in [0.25, 0.3) is 5.56 Å². The van der Waals surface area contributed by atoms with Gasteiger partial charge in [-0.25, -0.2) is 8.42 Å². The molecule has 32 heavy (non-hydrogen) atoms. The second-order valence-corrected chi connectivity index (χ2v) is 10.4. The van der Waals surface area contributed by atoms with Gasteiger partial charge in [-0.3, -0.25) is 9.48 Å². The van der Waals surface area contributed by atoms with Crippen LogP contribution in [0.25, 0.3) is 11.4 Å². The first kappa shape index (κ1) is 20.9. The lowest BCUT2D eigenvalue weighted by Crippen LogP contribution is -2.20. The molecule has 0 spiro atoms. The van der Waals surface area contributed by atoms with Crippen LogP contribution in [0.2, 0.25) is 0 Å². The fourth-order valence-corrected chi connectivity index (χ4v) is 5.58. The first-order valence-electron chi connectivity index (χ1n) is 9.99. The van der Waals surface area contributed by atoms with Crippen molar-refractivity contribution in [2.45, 2.75) is 43.9 Å². The van der Waals surface area contributed by atoms with Crippen LogP contribution in [0.1, 0.15) is 48.5 Å². The van der Waals surface area contributed by atoms with E-state index in [-0.39, 0.29) is 35.5 Å². The van der Waals surface area contributed by atoms with Crippen molar-refractivity contribution in [1.29, 1.82) is 0 Å². The van der Waals surface area contributed by atoms with Crippen molar-refractivity contribution < 1.29 is 26.1 Å². The Morgan fingerprint density at radius 1 is 1.19 bits per heavy atom. The van der Waals surface area contributed by atoms with E-state index < -0.39 is 27.5 Å². The summed E-state index contributed by atoms with van der Waals surface area (Å²) >= 11 is 0. The molecular weight excluding hydrogens is 451 g/mol. The van der Waals surface area contributed by atoms with Crippen LogP contribution in [0.4, 0.5) is 13.2 Å². The smallest absolute Gasteiger partial charge is 0.329 e. The number of aromatic nitrogens is 5. The molecule has 13 heteroatoms. The van der Waals surface area contributed by atoms with Gasteiger partial charge in [0.15, 0.2) is 9.84 Å². The van der Waals surface area contributed by atoms with E-state index >= 15 is 0 Å². The molecule has 2 aliphatic rings. The van der Waals surface area contributed by atoms with Gasteiger partial charge in [-0.1, -0.05) is 5.16 Å². The molecule has 5 rings (SSSR count). The average molecular weight is 469 g/mol. The molecular formula is C19H18F3N5O4S. The third-order valence-electron chi connectivity index (χ3n) is 5.62. The molecule has 0 bridgehead atoms. The summed E-state index contributed by atoms with van der Waals surface area (Å²) in [6, 6.07) is 4.25. The van der Waals surface area contributed by atoms with Crippen LogP contribution in [0, 0.1) is 0 Å². The maximum atomic E-state index is 12.6. The van der Waals surface area contributed by atoms with Crippen LogP contribution >= 0.6 is 0 Å². The number of hydrogen-bond acceptors (Lipinski definition) is 7. The summed E-state index contributed by atoms with van der Waals surface area (Å²) < 4.78 is 69.1. The molecule has 1 unspecified atom stereocenters. The number of rotatable bonds is 5. The highest BCUT2D eigenvalue weighted by Gasteiger charge is 2.38. The zero-order chi connectivity index (χ0) is 22.7. The maximum Gasteiger partial charge on any atom is 0.471 e. The molecule has 1 saturated carbocycles. The van der Waals surface area contributed by atoms with Gasteiger partial charge >= 0.3 is 12.1 Å². The van der Waals surface area contributed by atoms with Crippen LogP contribution in [-0.2, 0) is 22.6 Å². The number of sulfone groups is 1. The molecule has 0 N–H and O–H groups in total. The van der Waals surface area contributed by atoms with E-state index in [1.807, 2.05) is 6.07 Å². The van der Waals surface area contributed by atoms with Crippen LogP contribution in [0.5, 0.6) is 0 Å². The molecule has 0 radical (unpaired) electrons. The number of alkyl halides is 3. The van der Waals surface area contributed by atoms with E-state index in [1.165, 1.54) is 16.8 Å². The van der Waals surface area contributed by atoms with Crippen LogP contribution in [-0.4, -0.2) is 44.4 Å². The average Bonchev–Trinajstić information content (AvgIpc) is 3.11. The summed E-state index contributed by atoms with van der Waals surface area (Å²) in [6.45, 7) is 0.144. The molecule has 1 atom stereocenters. The number of hydrogen-bond donors (Lipinski definition) is 0.